The number of hydrogen-bond acceptors (Lipinski definition) is 1. The van der Waals surface area contributed by atoms with Gasteiger partial charge >= 0.3 is 0 Å². The molecule has 0 aliphatic carbocycles. The number of allylic oxidation sites excluding steroid dienone is 4. The predicted molar refractivity (Wildman–Crippen MR) is 38.4 cm³/mol. The first-order chi connectivity index (χ1) is 4.97. The normalized spacial score (nSPS) is 20.0. The minimum atomic E-state index is 1.04. The van der Waals surface area contributed by atoms with Crippen LogP contribution in [0.15, 0.2) is 41.9 Å². The molecule has 2 heteroatoms. The molecule has 0 bridgehead atoms. The van der Waals surface area contributed by atoms with Crippen molar-refractivity contribution in [1.82, 2.24) is 10.6 Å². The molecule has 10 heavy (non-hydrogen) atoms. The van der Waals surface area contributed by atoms with Gasteiger partial charge in [-0.3, -0.25) is 5.32 Å². The molecule has 0 saturated carbocycles. The maximum atomic E-state index is 3.87. The molecule has 2 rings (SSSR count). The van der Waals surface area contributed by atoms with E-state index in [-0.39, 0.29) is 0 Å². The molecule has 0 aromatic carbocycles. The Kier molecular flexibility index (Phi) is 1.10. The highest BCUT2D eigenvalue weighted by molar-refractivity contribution is 5.48. The van der Waals surface area contributed by atoms with Crippen molar-refractivity contribution in [3.05, 3.63) is 48.1 Å². The zero-order valence-corrected chi connectivity index (χ0v) is 5.33. The van der Waals surface area contributed by atoms with E-state index in [1.807, 2.05) is 24.6 Å². The zero-order chi connectivity index (χ0) is 6.81. The molecule has 2 nitrogen and oxygen atoms in total. The van der Waals surface area contributed by atoms with Crippen LogP contribution in [0.4, 0.5) is 0 Å². The molecule has 0 fully saturated rings. The van der Waals surface area contributed by atoms with Crippen LogP contribution >= 0.6 is 0 Å². The van der Waals surface area contributed by atoms with E-state index in [9.17, 15) is 0 Å². The number of nitrogens with one attached hydrogen (secondary N) is 1. The summed E-state index contributed by atoms with van der Waals surface area (Å²) in [4.78, 5) is 0. The third-order valence-corrected chi connectivity index (χ3v) is 1.41. The fraction of sp³-hybridized carbons (Fsp3) is 0. The molecule has 0 unspecified atom stereocenters. The van der Waals surface area contributed by atoms with Crippen molar-refractivity contribution in [2.24, 2.45) is 0 Å². The second-order valence-electron chi connectivity index (χ2n) is 2.07. The summed E-state index contributed by atoms with van der Waals surface area (Å²) in [7, 11) is 0. The Morgan fingerprint density at radius 2 is 2.40 bits per heavy atom. The molecule has 0 atom stereocenters. The summed E-state index contributed by atoms with van der Waals surface area (Å²) < 4.78 is 0. The molecule has 2 aliphatic rings. The second-order valence-corrected chi connectivity index (χ2v) is 2.07. The van der Waals surface area contributed by atoms with Crippen molar-refractivity contribution in [3.63, 3.8) is 0 Å². The maximum Gasteiger partial charge on any atom is 0.0971 e. The Morgan fingerprint density at radius 3 is 3.30 bits per heavy atom. The standard InChI is InChI=1S/C8H6N2/c1-3-9-6-8-2-4-10-5-7(1)8/h1-5,10H. The lowest BCUT2D eigenvalue weighted by Crippen LogP contribution is -2.06. The van der Waals surface area contributed by atoms with Gasteiger partial charge in [-0.1, -0.05) is 0 Å². The fourth-order valence-corrected chi connectivity index (χ4v) is 0.907. The fourth-order valence-electron chi connectivity index (χ4n) is 0.907. The summed E-state index contributed by atoms with van der Waals surface area (Å²) in [6.07, 6.45) is 12.3. The van der Waals surface area contributed by atoms with E-state index in [2.05, 4.69) is 16.8 Å². The Hall–Kier alpha value is -1.44. The monoisotopic (exact) mass is 130 g/mol. The van der Waals surface area contributed by atoms with Crippen molar-refractivity contribution in [1.29, 1.82) is 0 Å². The van der Waals surface area contributed by atoms with Gasteiger partial charge in [-0.05, 0) is 12.2 Å². The lowest BCUT2D eigenvalue weighted by atomic mass is 10.1. The Labute approximate surface area is 59.6 Å². The van der Waals surface area contributed by atoms with E-state index in [0.717, 1.165) is 11.1 Å². The lowest BCUT2D eigenvalue weighted by molar-refractivity contribution is 1.04. The van der Waals surface area contributed by atoms with Crippen molar-refractivity contribution in [2.75, 3.05) is 0 Å². The van der Waals surface area contributed by atoms with Crippen molar-refractivity contribution in [2.45, 2.75) is 0 Å². The molecular formula is C8H6N2. The Bertz CT molecular complexity index is 228. The minimum absolute atomic E-state index is 1.04. The smallest absolute Gasteiger partial charge is 0.0971 e. The molecule has 2 radical (unpaired) electrons. The predicted octanol–water partition coefficient (Wildman–Crippen LogP) is 0.806. The van der Waals surface area contributed by atoms with Crippen LogP contribution in [0.5, 0.6) is 0 Å². The molecule has 1 N–H and O–H groups in total. The van der Waals surface area contributed by atoms with Crippen LogP contribution in [0.1, 0.15) is 0 Å². The number of fused-ring (bicyclic) bond motifs is 1. The number of dihydropyridines is 1. The second kappa shape index (κ2) is 2.06. The van der Waals surface area contributed by atoms with Gasteiger partial charge in [0.15, 0.2) is 0 Å². The molecule has 2 heterocycles. The first-order valence-electron chi connectivity index (χ1n) is 3.09. The van der Waals surface area contributed by atoms with Crippen molar-refractivity contribution in [3.8, 4) is 0 Å². The van der Waals surface area contributed by atoms with Gasteiger partial charge in [-0.2, -0.15) is 0 Å². The van der Waals surface area contributed by atoms with Crippen LogP contribution < -0.4 is 10.6 Å². The number of nitrogens with zero attached hydrogens (tertiary/aromatic N) is 1. The summed E-state index contributed by atoms with van der Waals surface area (Å²) in [6, 6.07) is 0. The maximum absolute atomic E-state index is 3.87. The van der Waals surface area contributed by atoms with Gasteiger partial charge in [0.25, 0.3) is 0 Å². The SMILES string of the molecule is [C]1=C2C=CNC=C2C=C[N]1. The van der Waals surface area contributed by atoms with Gasteiger partial charge in [-0.25, -0.2) is 0 Å². The van der Waals surface area contributed by atoms with E-state index in [0.29, 0.717) is 0 Å². The van der Waals surface area contributed by atoms with E-state index >= 15 is 0 Å². The van der Waals surface area contributed by atoms with Crippen LogP contribution in [-0.4, -0.2) is 0 Å². The summed E-state index contributed by atoms with van der Waals surface area (Å²) in [6.45, 7) is 0. The first-order valence-corrected chi connectivity index (χ1v) is 3.09. The first kappa shape index (κ1) is 5.35. The Balaban J connectivity index is 2.38. The van der Waals surface area contributed by atoms with E-state index in [1.165, 1.54) is 0 Å². The van der Waals surface area contributed by atoms with Crippen molar-refractivity contribution < 1.29 is 0 Å². The van der Waals surface area contributed by atoms with Gasteiger partial charge in [0, 0.05) is 29.7 Å². The van der Waals surface area contributed by atoms with E-state index in [4.69, 9.17) is 0 Å². The van der Waals surface area contributed by atoms with Gasteiger partial charge < -0.3 is 5.32 Å². The van der Waals surface area contributed by atoms with Gasteiger partial charge in [0.2, 0.25) is 0 Å². The molecule has 2 aliphatic heterocycles. The quantitative estimate of drug-likeness (QED) is 0.516. The van der Waals surface area contributed by atoms with Crippen LogP contribution in [-0.2, 0) is 0 Å². The molecule has 48 valence electrons. The summed E-state index contributed by atoms with van der Waals surface area (Å²) in [5.74, 6) is 0. The highest BCUT2D eigenvalue weighted by Crippen LogP contribution is 2.16. The topological polar surface area (TPSA) is 26.1 Å². The molecule has 0 amide bonds. The third kappa shape index (κ3) is 0.739. The van der Waals surface area contributed by atoms with E-state index < -0.39 is 0 Å². The molecule has 0 aromatic heterocycles. The van der Waals surface area contributed by atoms with Crippen LogP contribution in [0.25, 0.3) is 0 Å². The third-order valence-electron chi connectivity index (χ3n) is 1.41. The largest absolute Gasteiger partial charge is 0.367 e. The highest BCUT2D eigenvalue weighted by atomic mass is 14.8. The highest BCUT2D eigenvalue weighted by Gasteiger charge is 2.05. The Morgan fingerprint density at radius 1 is 1.40 bits per heavy atom. The average Bonchev–Trinajstić information content (AvgIpc) is 2.05. The molecule has 0 saturated heterocycles. The zero-order valence-electron chi connectivity index (χ0n) is 5.33. The minimum Gasteiger partial charge on any atom is -0.367 e. The van der Waals surface area contributed by atoms with E-state index in [1.54, 1.807) is 6.20 Å². The number of hydrogen-bond donors (Lipinski definition) is 1. The average molecular weight is 130 g/mol. The molecule has 0 spiro atoms. The van der Waals surface area contributed by atoms with Gasteiger partial charge in [0.1, 0.15) is 0 Å². The van der Waals surface area contributed by atoms with Gasteiger partial charge in [-0.15, -0.1) is 0 Å². The summed E-state index contributed by atoms with van der Waals surface area (Å²) in [5.41, 5.74) is 2.18. The van der Waals surface area contributed by atoms with Crippen molar-refractivity contribution >= 4 is 0 Å². The molecular weight excluding hydrogens is 124 g/mol. The molecule has 0 aromatic rings. The summed E-state index contributed by atoms with van der Waals surface area (Å²) in [5, 5.41) is 6.86. The summed E-state index contributed by atoms with van der Waals surface area (Å²) >= 11 is 0. The van der Waals surface area contributed by atoms with Crippen LogP contribution in [0.3, 0.4) is 0 Å². The van der Waals surface area contributed by atoms with Gasteiger partial charge in [0.05, 0.1) is 6.20 Å². The lowest BCUT2D eigenvalue weighted by Gasteiger charge is -2.10. The van der Waals surface area contributed by atoms with Crippen LogP contribution in [0, 0.1) is 6.20 Å². The van der Waals surface area contributed by atoms with Crippen LogP contribution in [0.2, 0.25) is 0 Å². The number of rotatable bonds is 0.